The van der Waals surface area contributed by atoms with Crippen LogP contribution in [0.4, 0.5) is 0 Å². The van der Waals surface area contributed by atoms with E-state index in [0.717, 1.165) is 11.3 Å². The highest BCUT2D eigenvalue weighted by Crippen LogP contribution is 2.17. The van der Waals surface area contributed by atoms with Crippen molar-refractivity contribution in [2.75, 3.05) is 0 Å². The highest BCUT2D eigenvalue weighted by molar-refractivity contribution is 5.84. The normalized spacial score (nSPS) is 10.7. The fraction of sp³-hybridized carbons (Fsp3) is 0.214. The fourth-order valence-electron chi connectivity index (χ4n) is 1.73. The summed E-state index contributed by atoms with van der Waals surface area (Å²) in [5.41, 5.74) is 0.782. The quantitative estimate of drug-likeness (QED) is 0.914. The molecule has 19 heavy (non-hydrogen) atoms. The summed E-state index contributed by atoms with van der Waals surface area (Å²) in [4.78, 5) is 22.3. The molecule has 0 fully saturated rings. The van der Waals surface area contributed by atoms with Crippen LogP contribution in [0, 0.1) is 0 Å². The molecule has 0 unspecified atom stereocenters. The van der Waals surface area contributed by atoms with Crippen LogP contribution in [0.1, 0.15) is 35.8 Å². The van der Waals surface area contributed by atoms with Crippen molar-refractivity contribution in [2.45, 2.75) is 19.8 Å². The van der Waals surface area contributed by atoms with Crippen LogP contribution < -0.4 is 5.43 Å². The lowest BCUT2D eigenvalue weighted by molar-refractivity contribution is 0.0687. The maximum Gasteiger partial charge on any atom is 0.360 e. The number of carboxylic acids is 1. The molecule has 98 valence electrons. The van der Waals surface area contributed by atoms with E-state index in [9.17, 15) is 9.59 Å². The lowest BCUT2D eigenvalue weighted by Gasteiger charge is -2.10. The lowest BCUT2D eigenvalue weighted by atomic mass is 10.0. The van der Waals surface area contributed by atoms with Gasteiger partial charge in [0.25, 0.3) is 0 Å². The van der Waals surface area contributed by atoms with Gasteiger partial charge in [-0.3, -0.25) is 4.79 Å². The Bertz CT molecular complexity index is 674. The summed E-state index contributed by atoms with van der Waals surface area (Å²) < 4.78 is 1.40. The number of rotatable bonds is 3. The SMILES string of the molecule is CC(C)c1cccc(-n2ccc(=O)c(C(=O)O)n2)c1. The zero-order valence-corrected chi connectivity index (χ0v) is 10.7. The van der Waals surface area contributed by atoms with E-state index in [1.807, 2.05) is 24.3 Å². The van der Waals surface area contributed by atoms with Gasteiger partial charge in [0.2, 0.25) is 11.1 Å². The molecule has 5 heteroatoms. The highest BCUT2D eigenvalue weighted by Gasteiger charge is 2.11. The molecule has 1 N–H and O–H groups in total. The predicted octanol–water partition coefficient (Wildman–Crippen LogP) is 2.05. The van der Waals surface area contributed by atoms with Crippen LogP contribution in [-0.2, 0) is 0 Å². The molecular weight excluding hydrogens is 244 g/mol. The van der Waals surface area contributed by atoms with E-state index < -0.39 is 17.1 Å². The third-order valence-electron chi connectivity index (χ3n) is 2.81. The van der Waals surface area contributed by atoms with Gasteiger partial charge in [-0.1, -0.05) is 26.0 Å². The Kier molecular flexibility index (Phi) is 3.46. The van der Waals surface area contributed by atoms with Crippen molar-refractivity contribution < 1.29 is 9.90 Å². The number of carbonyl (C=O) groups is 1. The first-order chi connectivity index (χ1) is 8.99. The highest BCUT2D eigenvalue weighted by atomic mass is 16.4. The van der Waals surface area contributed by atoms with Crippen molar-refractivity contribution in [3.8, 4) is 5.69 Å². The van der Waals surface area contributed by atoms with Crippen LogP contribution in [0.5, 0.6) is 0 Å². The van der Waals surface area contributed by atoms with E-state index >= 15 is 0 Å². The molecule has 0 aliphatic carbocycles. The average Bonchev–Trinajstić information content (AvgIpc) is 2.39. The minimum atomic E-state index is -1.32. The minimum absolute atomic E-state index is 0.360. The molecule has 1 aromatic carbocycles. The van der Waals surface area contributed by atoms with Gasteiger partial charge in [-0.25, -0.2) is 9.48 Å². The zero-order valence-electron chi connectivity index (χ0n) is 10.7. The second-order valence-electron chi connectivity index (χ2n) is 4.53. The minimum Gasteiger partial charge on any atom is -0.476 e. The molecule has 0 bridgehead atoms. The summed E-state index contributed by atoms with van der Waals surface area (Å²) in [6.45, 7) is 4.14. The fourth-order valence-corrected chi connectivity index (χ4v) is 1.73. The first kappa shape index (κ1) is 13.0. The summed E-state index contributed by atoms with van der Waals surface area (Å²) in [5.74, 6) is -0.961. The van der Waals surface area contributed by atoms with Crippen LogP contribution in [0.3, 0.4) is 0 Å². The summed E-state index contributed by atoms with van der Waals surface area (Å²) >= 11 is 0. The average molecular weight is 258 g/mol. The Morgan fingerprint density at radius 1 is 1.32 bits per heavy atom. The van der Waals surface area contributed by atoms with E-state index in [4.69, 9.17) is 5.11 Å². The second-order valence-corrected chi connectivity index (χ2v) is 4.53. The van der Waals surface area contributed by atoms with Gasteiger partial charge in [0, 0.05) is 12.3 Å². The number of aromatic nitrogens is 2. The number of hydrogen-bond acceptors (Lipinski definition) is 3. The van der Waals surface area contributed by atoms with Gasteiger partial charge in [-0.05, 0) is 23.6 Å². The Morgan fingerprint density at radius 2 is 2.05 bits per heavy atom. The van der Waals surface area contributed by atoms with Crippen LogP contribution in [0.15, 0.2) is 41.3 Å². The molecule has 1 aromatic heterocycles. The third kappa shape index (κ3) is 2.70. The maximum atomic E-state index is 11.4. The first-order valence-corrected chi connectivity index (χ1v) is 5.92. The molecule has 0 amide bonds. The Labute approximate surface area is 110 Å². The smallest absolute Gasteiger partial charge is 0.360 e. The molecule has 2 aromatic rings. The van der Waals surface area contributed by atoms with Gasteiger partial charge in [-0.2, -0.15) is 5.10 Å². The molecule has 5 nitrogen and oxygen atoms in total. The third-order valence-corrected chi connectivity index (χ3v) is 2.81. The zero-order chi connectivity index (χ0) is 14.0. The van der Waals surface area contributed by atoms with Gasteiger partial charge in [0.05, 0.1) is 5.69 Å². The maximum absolute atomic E-state index is 11.4. The van der Waals surface area contributed by atoms with Crippen LogP contribution in [0.2, 0.25) is 0 Å². The molecule has 0 spiro atoms. The topological polar surface area (TPSA) is 72.2 Å². The Balaban J connectivity index is 2.53. The first-order valence-electron chi connectivity index (χ1n) is 5.92. The van der Waals surface area contributed by atoms with E-state index in [1.54, 1.807) is 0 Å². The van der Waals surface area contributed by atoms with Crippen molar-refractivity contribution in [1.82, 2.24) is 9.78 Å². The molecule has 0 saturated heterocycles. The van der Waals surface area contributed by atoms with Crippen LogP contribution in [-0.4, -0.2) is 20.9 Å². The number of carboxylic acid groups (broad SMARTS) is 1. The number of benzene rings is 1. The van der Waals surface area contributed by atoms with E-state index in [-0.39, 0.29) is 0 Å². The van der Waals surface area contributed by atoms with Crippen molar-refractivity contribution in [2.24, 2.45) is 0 Å². The predicted molar refractivity (Wildman–Crippen MR) is 70.9 cm³/mol. The van der Waals surface area contributed by atoms with Crippen molar-refractivity contribution in [3.63, 3.8) is 0 Å². The van der Waals surface area contributed by atoms with Crippen LogP contribution in [0.25, 0.3) is 5.69 Å². The monoisotopic (exact) mass is 258 g/mol. The van der Waals surface area contributed by atoms with Gasteiger partial charge in [0.15, 0.2) is 0 Å². The van der Waals surface area contributed by atoms with Gasteiger partial charge in [0.1, 0.15) is 0 Å². The largest absolute Gasteiger partial charge is 0.476 e. The standard InChI is InChI=1S/C14H14N2O3/c1-9(2)10-4-3-5-11(8-10)16-7-6-12(17)13(15-16)14(18)19/h3-9H,1-2H3,(H,18,19). The van der Waals surface area contributed by atoms with Gasteiger partial charge < -0.3 is 5.11 Å². The lowest BCUT2D eigenvalue weighted by Crippen LogP contribution is -2.20. The van der Waals surface area contributed by atoms with Gasteiger partial charge in [-0.15, -0.1) is 0 Å². The number of nitrogens with zero attached hydrogens (tertiary/aromatic N) is 2. The van der Waals surface area contributed by atoms with Crippen LogP contribution >= 0.6 is 0 Å². The Hall–Kier alpha value is -2.43. The molecule has 0 radical (unpaired) electrons. The van der Waals surface area contributed by atoms with Crippen molar-refractivity contribution in [1.29, 1.82) is 0 Å². The second kappa shape index (κ2) is 5.06. The summed E-state index contributed by atoms with van der Waals surface area (Å²) in [5, 5.41) is 12.8. The molecule has 1 heterocycles. The summed E-state index contributed by atoms with van der Waals surface area (Å²) in [6.07, 6.45) is 1.47. The number of aromatic carboxylic acids is 1. The molecule has 0 saturated carbocycles. The van der Waals surface area contributed by atoms with E-state index in [1.165, 1.54) is 16.9 Å². The van der Waals surface area contributed by atoms with E-state index in [0.29, 0.717) is 5.92 Å². The summed E-state index contributed by atoms with van der Waals surface area (Å²) in [7, 11) is 0. The van der Waals surface area contributed by atoms with Crippen molar-refractivity contribution >= 4 is 5.97 Å². The molecule has 0 atom stereocenters. The number of hydrogen-bond donors (Lipinski definition) is 1. The molecule has 2 rings (SSSR count). The van der Waals surface area contributed by atoms with Gasteiger partial charge >= 0.3 is 5.97 Å². The molecule has 0 aliphatic heterocycles. The van der Waals surface area contributed by atoms with E-state index in [2.05, 4.69) is 18.9 Å². The van der Waals surface area contributed by atoms with Crippen molar-refractivity contribution in [3.05, 3.63) is 58.0 Å². The summed E-state index contributed by atoms with van der Waals surface area (Å²) in [6, 6.07) is 8.82. The molecular formula is C14H14N2O3. The Morgan fingerprint density at radius 3 is 2.68 bits per heavy atom. The molecule has 0 aliphatic rings.